The normalized spacial score (nSPS) is 12.3. The molecule has 0 aliphatic rings. The van der Waals surface area contributed by atoms with Crippen molar-refractivity contribution in [3.05, 3.63) is 75.1 Å². The minimum Gasteiger partial charge on any atom is -0.480 e. The van der Waals surface area contributed by atoms with Crippen molar-refractivity contribution in [1.29, 1.82) is 0 Å². The van der Waals surface area contributed by atoms with E-state index in [1.807, 2.05) is 20.8 Å². The lowest BCUT2D eigenvalue weighted by molar-refractivity contribution is -0.387. The number of amides is 1. The lowest BCUT2D eigenvalue weighted by Gasteiger charge is -2.19. The SMILES string of the molecule is CC(C)(C)c1ccc(C(=O)N[C@H](Cc2ccc(F)c([N+](=O)[O-])c2)C(=O)O)cc1. The van der Waals surface area contributed by atoms with Gasteiger partial charge >= 0.3 is 11.7 Å². The van der Waals surface area contributed by atoms with Gasteiger partial charge in [-0.3, -0.25) is 14.9 Å². The Hall–Kier alpha value is -3.29. The summed E-state index contributed by atoms with van der Waals surface area (Å²) >= 11 is 0. The van der Waals surface area contributed by atoms with Crippen LogP contribution in [-0.2, 0) is 16.6 Å². The van der Waals surface area contributed by atoms with E-state index in [0.717, 1.165) is 17.7 Å². The quantitative estimate of drug-likeness (QED) is 0.582. The number of carboxylic acids is 1. The van der Waals surface area contributed by atoms with E-state index in [2.05, 4.69) is 5.32 Å². The van der Waals surface area contributed by atoms with Crippen LogP contribution in [0.25, 0.3) is 0 Å². The zero-order valence-corrected chi connectivity index (χ0v) is 15.7. The summed E-state index contributed by atoms with van der Waals surface area (Å²) in [6.07, 6.45) is -0.220. The van der Waals surface area contributed by atoms with Crippen LogP contribution >= 0.6 is 0 Å². The maximum Gasteiger partial charge on any atom is 0.326 e. The Balaban J connectivity index is 2.17. The van der Waals surface area contributed by atoms with Crippen LogP contribution in [0.5, 0.6) is 0 Å². The lowest BCUT2D eigenvalue weighted by Crippen LogP contribution is -2.42. The molecule has 2 rings (SSSR count). The average molecular weight is 388 g/mol. The van der Waals surface area contributed by atoms with Crippen molar-refractivity contribution >= 4 is 17.6 Å². The number of hydrogen-bond donors (Lipinski definition) is 2. The fourth-order valence-electron chi connectivity index (χ4n) is 2.62. The number of aliphatic carboxylic acids is 1. The van der Waals surface area contributed by atoms with Crippen LogP contribution in [0.3, 0.4) is 0 Å². The van der Waals surface area contributed by atoms with Gasteiger partial charge in [0.25, 0.3) is 5.91 Å². The van der Waals surface area contributed by atoms with Gasteiger partial charge in [0.05, 0.1) is 4.92 Å². The second-order valence-corrected chi connectivity index (χ2v) is 7.44. The molecular weight excluding hydrogens is 367 g/mol. The fourth-order valence-corrected chi connectivity index (χ4v) is 2.62. The maximum atomic E-state index is 13.4. The van der Waals surface area contributed by atoms with E-state index < -0.39 is 34.3 Å². The first-order chi connectivity index (χ1) is 13.0. The van der Waals surface area contributed by atoms with Crippen LogP contribution in [0.2, 0.25) is 0 Å². The van der Waals surface area contributed by atoms with Crippen molar-refractivity contribution in [3.63, 3.8) is 0 Å². The number of nitrogens with one attached hydrogen (secondary N) is 1. The van der Waals surface area contributed by atoms with Gasteiger partial charge in [0, 0.05) is 18.1 Å². The summed E-state index contributed by atoms with van der Waals surface area (Å²) in [6.45, 7) is 6.10. The Labute approximate surface area is 161 Å². The Morgan fingerprint density at radius 3 is 2.29 bits per heavy atom. The number of nitrogens with zero attached hydrogens (tertiary/aromatic N) is 1. The van der Waals surface area contributed by atoms with Crippen molar-refractivity contribution < 1.29 is 24.0 Å². The molecule has 0 bridgehead atoms. The van der Waals surface area contributed by atoms with Gasteiger partial charge in [0.1, 0.15) is 6.04 Å². The first kappa shape index (κ1) is 21.0. The van der Waals surface area contributed by atoms with Gasteiger partial charge in [-0.15, -0.1) is 0 Å². The summed E-state index contributed by atoms with van der Waals surface area (Å²) in [5, 5.41) is 22.6. The summed E-state index contributed by atoms with van der Waals surface area (Å²) in [6, 6.07) is 8.62. The highest BCUT2D eigenvalue weighted by atomic mass is 19.1. The molecule has 2 aromatic carbocycles. The van der Waals surface area contributed by atoms with Crippen LogP contribution in [0.1, 0.15) is 42.3 Å². The molecule has 1 atom stereocenters. The monoisotopic (exact) mass is 388 g/mol. The van der Waals surface area contributed by atoms with Crippen molar-refractivity contribution in [3.8, 4) is 0 Å². The molecule has 8 heteroatoms. The standard InChI is InChI=1S/C20H21FN2O5/c1-20(2,3)14-7-5-13(6-8-14)18(24)22-16(19(25)26)10-12-4-9-15(21)17(11-12)23(27)28/h4-9,11,16H,10H2,1-3H3,(H,22,24)(H,25,26)/t16-/m1/s1. The third-order valence-electron chi connectivity index (χ3n) is 4.26. The topological polar surface area (TPSA) is 110 Å². The van der Waals surface area contributed by atoms with E-state index in [9.17, 15) is 29.2 Å². The molecule has 7 nitrogen and oxygen atoms in total. The van der Waals surface area contributed by atoms with Crippen LogP contribution in [-0.4, -0.2) is 27.9 Å². The third-order valence-corrected chi connectivity index (χ3v) is 4.26. The zero-order valence-electron chi connectivity index (χ0n) is 15.7. The minimum atomic E-state index is -1.32. The van der Waals surface area contributed by atoms with Gasteiger partial charge in [0.2, 0.25) is 5.82 Å². The molecule has 0 unspecified atom stereocenters. The van der Waals surface area contributed by atoms with Crippen molar-refractivity contribution in [2.24, 2.45) is 0 Å². The number of nitro groups is 1. The fraction of sp³-hybridized carbons (Fsp3) is 0.300. The lowest BCUT2D eigenvalue weighted by atomic mass is 9.86. The van der Waals surface area contributed by atoms with E-state index in [1.165, 1.54) is 6.07 Å². The first-order valence-corrected chi connectivity index (χ1v) is 8.56. The largest absolute Gasteiger partial charge is 0.480 e. The highest BCUT2D eigenvalue weighted by Gasteiger charge is 2.23. The molecule has 0 aromatic heterocycles. The number of carboxylic acid groups (broad SMARTS) is 1. The third kappa shape index (κ3) is 5.12. The highest BCUT2D eigenvalue weighted by molar-refractivity contribution is 5.96. The number of benzene rings is 2. The molecule has 0 saturated carbocycles. The Morgan fingerprint density at radius 1 is 1.18 bits per heavy atom. The van der Waals surface area contributed by atoms with Gasteiger partial charge in [-0.1, -0.05) is 39.0 Å². The summed E-state index contributed by atoms with van der Waals surface area (Å²) in [5.74, 6) is -2.89. The van der Waals surface area contributed by atoms with Gasteiger partial charge in [-0.2, -0.15) is 4.39 Å². The molecule has 2 aromatic rings. The zero-order chi connectivity index (χ0) is 21.1. The Kier molecular flexibility index (Phi) is 6.12. The second-order valence-electron chi connectivity index (χ2n) is 7.44. The number of hydrogen-bond acceptors (Lipinski definition) is 4. The molecule has 0 heterocycles. The molecule has 0 aliphatic heterocycles. The van der Waals surface area contributed by atoms with E-state index >= 15 is 0 Å². The molecule has 0 saturated heterocycles. The molecule has 1 amide bonds. The number of nitro benzene ring substituents is 1. The minimum absolute atomic E-state index is 0.0874. The molecule has 148 valence electrons. The van der Waals surface area contributed by atoms with Gasteiger partial charge in [-0.25, -0.2) is 4.79 Å². The van der Waals surface area contributed by atoms with Gasteiger partial charge in [0.15, 0.2) is 0 Å². The van der Waals surface area contributed by atoms with Crippen molar-refractivity contribution in [2.45, 2.75) is 38.6 Å². The number of rotatable bonds is 6. The maximum absolute atomic E-state index is 13.4. The van der Waals surface area contributed by atoms with E-state index in [1.54, 1.807) is 24.3 Å². The molecular formula is C20H21FN2O5. The summed E-state index contributed by atoms with van der Waals surface area (Å²) in [7, 11) is 0. The highest BCUT2D eigenvalue weighted by Crippen LogP contribution is 2.22. The first-order valence-electron chi connectivity index (χ1n) is 8.56. The molecule has 0 radical (unpaired) electrons. The summed E-state index contributed by atoms with van der Waals surface area (Å²) in [5.41, 5.74) is 0.715. The smallest absolute Gasteiger partial charge is 0.326 e. The Bertz CT molecular complexity index is 904. The van der Waals surface area contributed by atoms with Crippen molar-refractivity contribution in [1.82, 2.24) is 5.32 Å². The predicted molar refractivity (Wildman–Crippen MR) is 101 cm³/mol. The second kappa shape index (κ2) is 8.16. The molecule has 0 aliphatic carbocycles. The molecule has 0 spiro atoms. The van der Waals surface area contributed by atoms with Crippen LogP contribution in [0, 0.1) is 15.9 Å². The molecule has 2 N–H and O–H groups in total. The summed E-state index contributed by atoms with van der Waals surface area (Å²) in [4.78, 5) is 33.9. The number of carbonyl (C=O) groups excluding carboxylic acids is 1. The van der Waals surface area contributed by atoms with Crippen molar-refractivity contribution in [2.75, 3.05) is 0 Å². The van der Waals surface area contributed by atoms with Gasteiger partial charge in [-0.05, 0) is 34.7 Å². The van der Waals surface area contributed by atoms with Crippen LogP contribution in [0.4, 0.5) is 10.1 Å². The number of carbonyl (C=O) groups is 2. The van der Waals surface area contributed by atoms with E-state index in [0.29, 0.717) is 5.56 Å². The van der Waals surface area contributed by atoms with E-state index in [4.69, 9.17) is 0 Å². The van der Waals surface area contributed by atoms with E-state index in [-0.39, 0.29) is 17.4 Å². The molecule has 28 heavy (non-hydrogen) atoms. The average Bonchev–Trinajstić information content (AvgIpc) is 2.61. The molecule has 0 fully saturated rings. The summed E-state index contributed by atoms with van der Waals surface area (Å²) < 4.78 is 13.4. The predicted octanol–water partition coefficient (Wildman–Crippen LogP) is 3.46. The van der Waals surface area contributed by atoms with Crippen LogP contribution < -0.4 is 5.32 Å². The van der Waals surface area contributed by atoms with Crippen LogP contribution in [0.15, 0.2) is 42.5 Å². The Morgan fingerprint density at radius 2 is 1.79 bits per heavy atom. The number of halogens is 1. The van der Waals surface area contributed by atoms with Gasteiger partial charge < -0.3 is 10.4 Å².